The third-order valence-corrected chi connectivity index (χ3v) is 4.53. The summed E-state index contributed by atoms with van der Waals surface area (Å²) in [4.78, 5) is 27.4. The number of carbonyl (C=O) groups is 1. The number of amides is 1. The summed E-state index contributed by atoms with van der Waals surface area (Å²) < 4.78 is 5.85. The van der Waals surface area contributed by atoms with Gasteiger partial charge < -0.3 is 15.0 Å². The Morgan fingerprint density at radius 3 is 2.64 bits per heavy atom. The van der Waals surface area contributed by atoms with E-state index >= 15 is 0 Å². The van der Waals surface area contributed by atoms with Gasteiger partial charge in [-0.05, 0) is 36.4 Å². The van der Waals surface area contributed by atoms with Crippen molar-refractivity contribution < 1.29 is 9.53 Å². The summed E-state index contributed by atoms with van der Waals surface area (Å²) in [5.41, 5.74) is 2.43. The minimum absolute atomic E-state index is 0.0560. The standard InChI is InChI=1S/C21H21N5O2/c27-21(13-16-5-1-3-9-22-16)26-11-12-28-19(15-26)18-8-7-17(14-24-18)25-20-6-2-4-10-23-20/h1-10,14,19H,11-13,15H2,(H,23,25). The lowest BCUT2D eigenvalue weighted by Crippen LogP contribution is -2.43. The number of morpholine rings is 1. The Labute approximate surface area is 163 Å². The van der Waals surface area contributed by atoms with Gasteiger partial charge in [0.15, 0.2) is 0 Å². The van der Waals surface area contributed by atoms with E-state index in [-0.39, 0.29) is 12.0 Å². The first-order chi connectivity index (χ1) is 13.8. The fourth-order valence-electron chi connectivity index (χ4n) is 3.08. The lowest BCUT2D eigenvalue weighted by molar-refractivity contribution is -0.138. The lowest BCUT2D eigenvalue weighted by Gasteiger charge is -2.32. The monoisotopic (exact) mass is 375 g/mol. The van der Waals surface area contributed by atoms with Gasteiger partial charge in [-0.25, -0.2) is 4.98 Å². The van der Waals surface area contributed by atoms with Gasteiger partial charge in [-0.1, -0.05) is 12.1 Å². The fourth-order valence-corrected chi connectivity index (χ4v) is 3.08. The van der Waals surface area contributed by atoms with Crippen molar-refractivity contribution in [2.45, 2.75) is 12.5 Å². The molecule has 3 aromatic rings. The van der Waals surface area contributed by atoms with Gasteiger partial charge in [0.25, 0.3) is 0 Å². The number of aromatic nitrogens is 3. The Morgan fingerprint density at radius 2 is 1.93 bits per heavy atom. The molecule has 1 atom stereocenters. The third kappa shape index (κ3) is 4.50. The average Bonchev–Trinajstić information content (AvgIpc) is 2.76. The quantitative estimate of drug-likeness (QED) is 0.739. The van der Waals surface area contributed by atoms with Crippen LogP contribution in [0.5, 0.6) is 0 Å². The normalized spacial score (nSPS) is 16.6. The van der Waals surface area contributed by atoms with E-state index in [1.54, 1.807) is 18.6 Å². The summed E-state index contributed by atoms with van der Waals surface area (Å²) in [5, 5.41) is 3.20. The number of nitrogens with one attached hydrogen (secondary N) is 1. The average molecular weight is 375 g/mol. The van der Waals surface area contributed by atoms with E-state index in [0.717, 1.165) is 22.9 Å². The molecule has 4 rings (SSSR count). The Hall–Kier alpha value is -3.32. The largest absolute Gasteiger partial charge is 0.368 e. The van der Waals surface area contributed by atoms with E-state index < -0.39 is 0 Å². The molecule has 0 saturated carbocycles. The van der Waals surface area contributed by atoms with Crippen molar-refractivity contribution in [1.82, 2.24) is 19.9 Å². The topological polar surface area (TPSA) is 80.2 Å². The van der Waals surface area contributed by atoms with Gasteiger partial charge >= 0.3 is 0 Å². The second-order valence-electron chi connectivity index (χ2n) is 6.51. The van der Waals surface area contributed by atoms with Gasteiger partial charge in [0.1, 0.15) is 11.9 Å². The molecule has 3 aromatic heterocycles. The van der Waals surface area contributed by atoms with Crippen molar-refractivity contribution >= 4 is 17.4 Å². The maximum atomic E-state index is 12.6. The van der Waals surface area contributed by atoms with Gasteiger partial charge in [-0.2, -0.15) is 0 Å². The van der Waals surface area contributed by atoms with Gasteiger partial charge in [0.05, 0.1) is 37.2 Å². The summed E-state index contributed by atoms with van der Waals surface area (Å²) in [6, 6.07) is 15.1. The molecule has 0 aromatic carbocycles. The minimum Gasteiger partial charge on any atom is -0.368 e. The van der Waals surface area contributed by atoms with Gasteiger partial charge in [0.2, 0.25) is 5.91 Å². The number of rotatable bonds is 5. The maximum absolute atomic E-state index is 12.6. The summed E-state index contributed by atoms with van der Waals surface area (Å²) in [5.74, 6) is 0.817. The molecule has 1 fully saturated rings. The number of hydrogen-bond donors (Lipinski definition) is 1. The van der Waals surface area contributed by atoms with E-state index in [9.17, 15) is 4.79 Å². The number of carbonyl (C=O) groups excluding carboxylic acids is 1. The molecule has 142 valence electrons. The van der Waals surface area contributed by atoms with Crippen LogP contribution >= 0.6 is 0 Å². The molecule has 0 spiro atoms. The van der Waals surface area contributed by atoms with Crippen LogP contribution < -0.4 is 5.32 Å². The summed E-state index contributed by atoms with van der Waals surface area (Å²) in [6.07, 6.45) is 5.26. The molecule has 0 bridgehead atoms. The zero-order valence-electron chi connectivity index (χ0n) is 15.4. The van der Waals surface area contributed by atoms with Gasteiger partial charge in [0, 0.05) is 24.6 Å². The molecule has 1 aliphatic rings. The third-order valence-electron chi connectivity index (χ3n) is 4.53. The summed E-state index contributed by atoms with van der Waals surface area (Å²) in [6.45, 7) is 1.57. The predicted molar refractivity (Wildman–Crippen MR) is 105 cm³/mol. The second kappa shape index (κ2) is 8.58. The smallest absolute Gasteiger partial charge is 0.228 e. The van der Waals surface area contributed by atoms with Crippen molar-refractivity contribution in [3.8, 4) is 0 Å². The molecular weight excluding hydrogens is 354 g/mol. The Kier molecular flexibility index (Phi) is 5.53. The van der Waals surface area contributed by atoms with Crippen LogP contribution in [0.2, 0.25) is 0 Å². The van der Waals surface area contributed by atoms with E-state index in [1.807, 2.05) is 53.4 Å². The van der Waals surface area contributed by atoms with Crippen LogP contribution in [0.1, 0.15) is 17.5 Å². The Morgan fingerprint density at radius 1 is 1.07 bits per heavy atom. The molecule has 1 amide bonds. The highest BCUT2D eigenvalue weighted by Crippen LogP contribution is 2.23. The zero-order chi connectivity index (χ0) is 19.2. The summed E-state index contributed by atoms with van der Waals surface area (Å²) >= 11 is 0. The number of hydrogen-bond acceptors (Lipinski definition) is 6. The van der Waals surface area contributed by atoms with Gasteiger partial charge in [-0.3, -0.25) is 14.8 Å². The Bertz CT molecular complexity index is 903. The van der Waals surface area contributed by atoms with Crippen molar-refractivity contribution in [1.29, 1.82) is 0 Å². The number of anilines is 2. The molecule has 28 heavy (non-hydrogen) atoms. The fraction of sp³-hybridized carbons (Fsp3) is 0.238. The molecule has 1 N–H and O–H groups in total. The van der Waals surface area contributed by atoms with Crippen molar-refractivity contribution in [3.63, 3.8) is 0 Å². The minimum atomic E-state index is -0.231. The van der Waals surface area contributed by atoms with Crippen LogP contribution in [0, 0.1) is 0 Å². The number of ether oxygens (including phenoxy) is 1. The highest BCUT2D eigenvalue weighted by Gasteiger charge is 2.26. The predicted octanol–water partition coefficient (Wildman–Crippen LogP) is 2.76. The van der Waals surface area contributed by atoms with Crippen LogP contribution in [-0.4, -0.2) is 45.5 Å². The number of pyridine rings is 3. The van der Waals surface area contributed by atoms with Crippen molar-refractivity contribution in [2.75, 3.05) is 25.0 Å². The molecule has 0 radical (unpaired) electrons. The molecule has 4 heterocycles. The van der Waals surface area contributed by atoms with E-state index in [1.165, 1.54) is 0 Å². The van der Waals surface area contributed by atoms with Crippen molar-refractivity contribution in [3.05, 3.63) is 78.5 Å². The lowest BCUT2D eigenvalue weighted by atomic mass is 10.1. The first kappa shape index (κ1) is 18.1. The Balaban J connectivity index is 1.38. The molecule has 1 unspecified atom stereocenters. The zero-order valence-corrected chi connectivity index (χ0v) is 15.4. The van der Waals surface area contributed by atoms with Crippen LogP contribution in [0.3, 0.4) is 0 Å². The highest BCUT2D eigenvalue weighted by atomic mass is 16.5. The van der Waals surface area contributed by atoms with Crippen LogP contribution in [-0.2, 0) is 16.0 Å². The highest BCUT2D eigenvalue weighted by molar-refractivity contribution is 5.78. The first-order valence-electron chi connectivity index (χ1n) is 9.21. The number of nitrogens with zero attached hydrogens (tertiary/aromatic N) is 4. The SMILES string of the molecule is O=C(Cc1ccccn1)N1CCOC(c2ccc(Nc3ccccn3)cn2)C1. The second-order valence-corrected chi connectivity index (χ2v) is 6.51. The molecule has 1 saturated heterocycles. The van der Waals surface area contributed by atoms with E-state index in [4.69, 9.17) is 4.74 Å². The molecule has 0 aliphatic carbocycles. The summed E-state index contributed by atoms with van der Waals surface area (Å²) in [7, 11) is 0. The maximum Gasteiger partial charge on any atom is 0.228 e. The van der Waals surface area contributed by atoms with E-state index in [0.29, 0.717) is 26.1 Å². The van der Waals surface area contributed by atoms with Crippen LogP contribution in [0.15, 0.2) is 67.1 Å². The van der Waals surface area contributed by atoms with E-state index in [2.05, 4.69) is 20.3 Å². The van der Waals surface area contributed by atoms with Gasteiger partial charge in [-0.15, -0.1) is 0 Å². The van der Waals surface area contributed by atoms with Crippen LogP contribution in [0.25, 0.3) is 0 Å². The van der Waals surface area contributed by atoms with Crippen molar-refractivity contribution in [2.24, 2.45) is 0 Å². The molecule has 1 aliphatic heterocycles. The molecule has 7 heteroatoms. The first-order valence-corrected chi connectivity index (χ1v) is 9.21. The van der Waals surface area contributed by atoms with Crippen LogP contribution in [0.4, 0.5) is 11.5 Å². The molecular formula is C21H21N5O2. The molecule has 7 nitrogen and oxygen atoms in total.